The topological polar surface area (TPSA) is 82.8 Å². The van der Waals surface area contributed by atoms with E-state index in [-0.39, 0.29) is 11.9 Å². The van der Waals surface area contributed by atoms with Gasteiger partial charge in [-0.3, -0.25) is 4.79 Å². The Bertz CT molecular complexity index is 765. The zero-order valence-corrected chi connectivity index (χ0v) is 15.5. The molecule has 26 heavy (non-hydrogen) atoms. The number of carbonyl (C=O) groups excluding carboxylic acids is 1. The summed E-state index contributed by atoms with van der Waals surface area (Å²) >= 11 is 0. The maximum atomic E-state index is 12.3. The first-order valence-corrected chi connectivity index (χ1v) is 8.90. The molecule has 7 nitrogen and oxygen atoms in total. The van der Waals surface area contributed by atoms with E-state index in [9.17, 15) is 4.79 Å². The Morgan fingerprint density at radius 1 is 1.35 bits per heavy atom. The Morgan fingerprint density at radius 2 is 2.12 bits per heavy atom. The van der Waals surface area contributed by atoms with Gasteiger partial charge in [-0.05, 0) is 32.9 Å². The summed E-state index contributed by atoms with van der Waals surface area (Å²) in [7, 11) is 0. The fourth-order valence-electron chi connectivity index (χ4n) is 2.93. The number of aryl methyl sites for hydroxylation is 2. The third-order valence-corrected chi connectivity index (χ3v) is 4.32. The second-order valence-electron chi connectivity index (χ2n) is 6.33. The molecule has 2 N–H and O–H groups in total. The van der Waals surface area contributed by atoms with Crippen molar-refractivity contribution in [3.63, 3.8) is 0 Å². The Morgan fingerprint density at radius 3 is 2.77 bits per heavy atom. The Kier molecular flexibility index (Phi) is 5.55. The second kappa shape index (κ2) is 8.03. The van der Waals surface area contributed by atoms with Crippen molar-refractivity contribution < 1.29 is 9.21 Å². The summed E-state index contributed by atoms with van der Waals surface area (Å²) in [5.74, 6) is 2.18. The largest absolute Gasteiger partial charge is 0.444 e. The van der Waals surface area contributed by atoms with E-state index < -0.39 is 0 Å². The van der Waals surface area contributed by atoms with Crippen molar-refractivity contribution in [3.8, 4) is 0 Å². The number of amides is 1. The van der Waals surface area contributed by atoms with Crippen LogP contribution in [-0.2, 0) is 11.3 Å². The molecule has 1 aromatic carbocycles. The highest BCUT2D eigenvalue weighted by Gasteiger charge is 2.31. The first kappa shape index (κ1) is 18.0. The third-order valence-electron chi connectivity index (χ3n) is 4.32. The van der Waals surface area contributed by atoms with E-state index in [1.165, 1.54) is 0 Å². The normalized spacial score (nSPS) is 17.7. The number of para-hydroxylation sites is 1. The van der Waals surface area contributed by atoms with Crippen molar-refractivity contribution in [2.45, 2.75) is 39.8 Å². The smallest absolute Gasteiger partial charge is 0.229 e. The lowest BCUT2D eigenvalue weighted by Crippen LogP contribution is -2.44. The molecule has 3 rings (SSSR count). The highest BCUT2D eigenvalue weighted by atomic mass is 16.4. The van der Waals surface area contributed by atoms with Gasteiger partial charge in [-0.15, -0.1) is 0 Å². The maximum Gasteiger partial charge on any atom is 0.229 e. The van der Waals surface area contributed by atoms with Crippen molar-refractivity contribution >= 4 is 17.6 Å². The minimum Gasteiger partial charge on any atom is -0.444 e. The summed E-state index contributed by atoms with van der Waals surface area (Å²) in [5.41, 5.74) is 1.81. The van der Waals surface area contributed by atoms with Gasteiger partial charge in [0.1, 0.15) is 12.3 Å². The Balaban J connectivity index is 1.64. The lowest BCUT2D eigenvalue weighted by Gasteiger charge is -2.18. The molecule has 1 aliphatic rings. The van der Waals surface area contributed by atoms with E-state index in [4.69, 9.17) is 4.42 Å². The molecule has 1 fully saturated rings. The van der Waals surface area contributed by atoms with Gasteiger partial charge in [-0.1, -0.05) is 18.2 Å². The summed E-state index contributed by atoms with van der Waals surface area (Å²) in [6.07, 6.45) is 0.441. The molecule has 0 spiro atoms. The van der Waals surface area contributed by atoms with Gasteiger partial charge in [0.2, 0.25) is 11.8 Å². The lowest BCUT2D eigenvalue weighted by atomic mass is 10.2. The molecule has 2 heterocycles. The first-order chi connectivity index (χ1) is 12.6. The van der Waals surface area contributed by atoms with Crippen LogP contribution in [0.15, 0.2) is 39.7 Å². The molecule has 1 unspecified atom stereocenters. The van der Waals surface area contributed by atoms with Gasteiger partial charge in [0.25, 0.3) is 0 Å². The molecule has 138 valence electrons. The van der Waals surface area contributed by atoms with E-state index in [2.05, 4.69) is 20.6 Å². The number of hydrogen-bond acceptors (Lipinski definition) is 4. The van der Waals surface area contributed by atoms with Gasteiger partial charge >= 0.3 is 0 Å². The summed E-state index contributed by atoms with van der Waals surface area (Å²) in [6, 6.07) is 9.74. The van der Waals surface area contributed by atoms with Crippen LogP contribution in [0.5, 0.6) is 0 Å². The molecule has 0 aliphatic carbocycles. The average molecular weight is 355 g/mol. The lowest BCUT2D eigenvalue weighted by molar-refractivity contribution is -0.117. The maximum absolute atomic E-state index is 12.3. The van der Waals surface area contributed by atoms with Crippen LogP contribution in [0, 0.1) is 13.8 Å². The molecule has 7 heteroatoms. The number of aliphatic imine (C=N–C) groups is 1. The van der Waals surface area contributed by atoms with Crippen molar-refractivity contribution in [1.82, 2.24) is 15.6 Å². The summed E-state index contributed by atoms with van der Waals surface area (Å²) in [5, 5.41) is 6.56. The monoisotopic (exact) mass is 355 g/mol. The number of carbonyl (C=O) groups is 1. The summed E-state index contributed by atoms with van der Waals surface area (Å²) in [4.78, 5) is 23.0. The summed E-state index contributed by atoms with van der Waals surface area (Å²) < 4.78 is 5.57. The number of hydrogen-bond donors (Lipinski definition) is 2. The van der Waals surface area contributed by atoms with E-state index >= 15 is 0 Å². The average Bonchev–Trinajstić information content (AvgIpc) is 3.15. The van der Waals surface area contributed by atoms with Gasteiger partial charge in [-0.25, -0.2) is 9.98 Å². The van der Waals surface area contributed by atoms with E-state index in [1.807, 2.05) is 56.0 Å². The third kappa shape index (κ3) is 4.22. The molecule has 1 aromatic heterocycles. The number of guanidine groups is 1. The number of nitrogens with one attached hydrogen (secondary N) is 2. The first-order valence-electron chi connectivity index (χ1n) is 8.90. The number of oxazole rings is 1. The SMILES string of the molecule is CCNC(=NCc1nc(C)c(C)o1)NC1CC(=O)N(c2ccccc2)C1. The predicted molar refractivity (Wildman–Crippen MR) is 101 cm³/mol. The van der Waals surface area contributed by atoms with Crippen LogP contribution in [-0.4, -0.2) is 36.0 Å². The standard InChI is InChI=1S/C19H25N5O2/c1-4-20-19(21-11-17-22-13(2)14(3)26-17)23-15-10-18(25)24(12-15)16-8-6-5-7-9-16/h5-9,15H,4,10-12H2,1-3H3,(H2,20,21,23). The predicted octanol–water partition coefficient (Wildman–Crippen LogP) is 2.15. The van der Waals surface area contributed by atoms with Gasteiger partial charge in [-0.2, -0.15) is 0 Å². The van der Waals surface area contributed by atoms with Crippen molar-refractivity contribution in [2.24, 2.45) is 4.99 Å². The minimum absolute atomic E-state index is 0.00791. The summed E-state index contributed by atoms with van der Waals surface area (Å²) in [6.45, 7) is 7.52. The van der Waals surface area contributed by atoms with Crippen molar-refractivity contribution in [1.29, 1.82) is 0 Å². The van der Waals surface area contributed by atoms with Crippen LogP contribution in [0.1, 0.15) is 30.7 Å². The molecule has 1 saturated heterocycles. The molecule has 0 saturated carbocycles. The Labute approximate surface area is 153 Å². The van der Waals surface area contributed by atoms with E-state index in [0.29, 0.717) is 31.4 Å². The number of benzene rings is 1. The van der Waals surface area contributed by atoms with Crippen LogP contribution in [0.4, 0.5) is 5.69 Å². The molecule has 2 aromatic rings. The molecule has 0 radical (unpaired) electrons. The quantitative estimate of drug-likeness (QED) is 0.634. The molecular weight excluding hydrogens is 330 g/mol. The number of anilines is 1. The van der Waals surface area contributed by atoms with Crippen LogP contribution in [0.2, 0.25) is 0 Å². The molecule has 1 atom stereocenters. The van der Waals surface area contributed by atoms with E-state index in [1.54, 1.807) is 0 Å². The number of rotatable bonds is 5. The van der Waals surface area contributed by atoms with Crippen molar-refractivity contribution in [3.05, 3.63) is 47.7 Å². The van der Waals surface area contributed by atoms with Crippen LogP contribution < -0.4 is 15.5 Å². The van der Waals surface area contributed by atoms with Gasteiger partial charge in [0, 0.05) is 25.2 Å². The highest BCUT2D eigenvalue weighted by Crippen LogP contribution is 2.21. The fraction of sp³-hybridized carbons (Fsp3) is 0.421. The van der Waals surface area contributed by atoms with Crippen LogP contribution >= 0.6 is 0 Å². The fourth-order valence-corrected chi connectivity index (χ4v) is 2.93. The second-order valence-corrected chi connectivity index (χ2v) is 6.33. The van der Waals surface area contributed by atoms with Crippen LogP contribution in [0.3, 0.4) is 0 Å². The van der Waals surface area contributed by atoms with E-state index in [0.717, 1.165) is 23.7 Å². The molecule has 1 amide bonds. The minimum atomic E-state index is 0.00791. The van der Waals surface area contributed by atoms with Gasteiger partial charge in [0.05, 0.1) is 11.7 Å². The molecular formula is C19H25N5O2. The molecule has 1 aliphatic heterocycles. The zero-order valence-electron chi connectivity index (χ0n) is 15.5. The van der Waals surface area contributed by atoms with Crippen LogP contribution in [0.25, 0.3) is 0 Å². The molecule has 0 bridgehead atoms. The zero-order chi connectivity index (χ0) is 18.5. The Hall–Kier alpha value is -2.83. The van der Waals surface area contributed by atoms with Gasteiger partial charge < -0.3 is 20.0 Å². The van der Waals surface area contributed by atoms with Gasteiger partial charge in [0.15, 0.2) is 5.96 Å². The van der Waals surface area contributed by atoms with Crippen molar-refractivity contribution in [2.75, 3.05) is 18.0 Å². The highest BCUT2D eigenvalue weighted by molar-refractivity contribution is 5.97. The number of nitrogens with zero attached hydrogens (tertiary/aromatic N) is 3. The number of aromatic nitrogens is 1.